The van der Waals surface area contributed by atoms with Crippen LogP contribution in [0.15, 0.2) is 0 Å². The highest BCUT2D eigenvalue weighted by atomic mass is 16.5. The monoisotopic (exact) mass is 183 g/mol. The summed E-state index contributed by atoms with van der Waals surface area (Å²) < 4.78 is 6.89. The second-order valence-electron chi connectivity index (χ2n) is 3.11. The molecule has 0 amide bonds. The van der Waals surface area contributed by atoms with Crippen molar-refractivity contribution >= 4 is 0 Å². The molecular formula is C9H17N3O. The van der Waals surface area contributed by atoms with Crippen molar-refractivity contribution in [2.45, 2.75) is 27.0 Å². The van der Waals surface area contributed by atoms with Crippen LogP contribution in [0.5, 0.6) is 0 Å². The quantitative estimate of drug-likeness (QED) is 0.744. The fourth-order valence-corrected chi connectivity index (χ4v) is 1.49. The summed E-state index contributed by atoms with van der Waals surface area (Å²) in [5.74, 6) is 0. The molecule has 4 heteroatoms. The lowest BCUT2D eigenvalue weighted by Gasteiger charge is -2.02. The van der Waals surface area contributed by atoms with Gasteiger partial charge < -0.3 is 10.5 Å². The fourth-order valence-electron chi connectivity index (χ4n) is 1.49. The molecule has 13 heavy (non-hydrogen) atoms. The van der Waals surface area contributed by atoms with E-state index < -0.39 is 0 Å². The lowest BCUT2D eigenvalue weighted by molar-refractivity contribution is 0.118. The van der Waals surface area contributed by atoms with Crippen LogP contribution in [-0.4, -0.2) is 23.4 Å². The molecule has 74 valence electrons. The first-order chi connectivity index (χ1) is 6.20. The summed E-state index contributed by atoms with van der Waals surface area (Å²) >= 11 is 0. The highest BCUT2D eigenvalue weighted by Gasteiger charge is 2.09. The highest BCUT2D eigenvalue weighted by Crippen LogP contribution is 2.12. The maximum atomic E-state index is 5.51. The lowest BCUT2D eigenvalue weighted by Crippen LogP contribution is -2.06. The molecule has 0 spiro atoms. The minimum Gasteiger partial charge on any atom is -0.362 e. The number of rotatable bonds is 4. The molecule has 1 aromatic rings. The highest BCUT2D eigenvalue weighted by molar-refractivity contribution is 5.24. The summed E-state index contributed by atoms with van der Waals surface area (Å²) in [6.45, 7) is 5.23. The van der Waals surface area contributed by atoms with Gasteiger partial charge in [0.05, 0.1) is 5.69 Å². The standard InChI is InChI=1S/C9H17N3O/c1-7-9(4-5-10)8(2)12(11-7)6-13-3/h4-6,10H2,1-3H3. The second-order valence-corrected chi connectivity index (χ2v) is 3.11. The molecule has 0 atom stereocenters. The third-order valence-electron chi connectivity index (χ3n) is 2.18. The van der Waals surface area contributed by atoms with E-state index in [4.69, 9.17) is 10.5 Å². The van der Waals surface area contributed by atoms with Crippen molar-refractivity contribution in [2.24, 2.45) is 5.73 Å². The molecule has 1 heterocycles. The van der Waals surface area contributed by atoms with Crippen molar-refractivity contribution in [1.82, 2.24) is 9.78 Å². The summed E-state index contributed by atoms with van der Waals surface area (Å²) in [7, 11) is 1.67. The fraction of sp³-hybridized carbons (Fsp3) is 0.667. The zero-order valence-electron chi connectivity index (χ0n) is 8.50. The van der Waals surface area contributed by atoms with Gasteiger partial charge in [-0.2, -0.15) is 5.10 Å². The molecule has 0 saturated heterocycles. The third kappa shape index (κ3) is 2.08. The molecule has 0 aliphatic carbocycles. The predicted octanol–water partition coefficient (Wildman–Crippen LogP) is 0.605. The van der Waals surface area contributed by atoms with Crippen LogP contribution < -0.4 is 5.73 Å². The number of nitrogens with zero attached hydrogens (tertiary/aromatic N) is 2. The van der Waals surface area contributed by atoms with Crippen LogP contribution in [0.3, 0.4) is 0 Å². The maximum Gasteiger partial charge on any atom is 0.139 e. The zero-order valence-corrected chi connectivity index (χ0v) is 8.50. The van der Waals surface area contributed by atoms with Crippen LogP contribution in [0.2, 0.25) is 0 Å². The van der Waals surface area contributed by atoms with Gasteiger partial charge in [-0.3, -0.25) is 0 Å². The van der Waals surface area contributed by atoms with Crippen LogP contribution in [0, 0.1) is 13.8 Å². The molecule has 0 aliphatic heterocycles. The molecule has 2 N–H and O–H groups in total. The van der Waals surface area contributed by atoms with Crippen molar-refractivity contribution in [3.63, 3.8) is 0 Å². The molecule has 4 nitrogen and oxygen atoms in total. The minimum atomic E-state index is 0.511. The van der Waals surface area contributed by atoms with Gasteiger partial charge in [0.1, 0.15) is 6.73 Å². The summed E-state index contributed by atoms with van der Waals surface area (Å²) in [5.41, 5.74) is 8.98. The summed E-state index contributed by atoms with van der Waals surface area (Å²) in [6, 6.07) is 0. The molecular weight excluding hydrogens is 166 g/mol. The van der Waals surface area contributed by atoms with E-state index in [0.29, 0.717) is 13.3 Å². The van der Waals surface area contributed by atoms with E-state index in [-0.39, 0.29) is 0 Å². The molecule has 0 radical (unpaired) electrons. The number of ether oxygens (including phenoxy) is 1. The van der Waals surface area contributed by atoms with Gasteiger partial charge in [-0.05, 0) is 32.4 Å². The van der Waals surface area contributed by atoms with Crippen molar-refractivity contribution in [1.29, 1.82) is 0 Å². The van der Waals surface area contributed by atoms with Gasteiger partial charge in [0.25, 0.3) is 0 Å². The van der Waals surface area contributed by atoms with E-state index >= 15 is 0 Å². The zero-order chi connectivity index (χ0) is 9.84. The average Bonchev–Trinajstić information content (AvgIpc) is 2.34. The predicted molar refractivity (Wildman–Crippen MR) is 51.5 cm³/mol. The Morgan fingerprint density at radius 3 is 2.69 bits per heavy atom. The molecule has 0 aliphatic rings. The first-order valence-corrected chi connectivity index (χ1v) is 4.42. The Bertz CT molecular complexity index is 281. The van der Waals surface area contributed by atoms with Gasteiger partial charge in [0, 0.05) is 12.8 Å². The van der Waals surface area contributed by atoms with Gasteiger partial charge in [0.2, 0.25) is 0 Å². The first kappa shape index (κ1) is 10.2. The molecule has 0 unspecified atom stereocenters. The van der Waals surface area contributed by atoms with E-state index in [1.807, 2.05) is 18.5 Å². The number of aromatic nitrogens is 2. The summed E-state index contributed by atoms with van der Waals surface area (Å²) in [5, 5.41) is 4.35. The van der Waals surface area contributed by atoms with Gasteiger partial charge in [-0.15, -0.1) is 0 Å². The first-order valence-electron chi connectivity index (χ1n) is 4.42. The molecule has 0 fully saturated rings. The third-order valence-corrected chi connectivity index (χ3v) is 2.18. The van der Waals surface area contributed by atoms with Crippen molar-refractivity contribution < 1.29 is 4.74 Å². The van der Waals surface area contributed by atoms with Gasteiger partial charge >= 0.3 is 0 Å². The Morgan fingerprint density at radius 1 is 1.46 bits per heavy atom. The number of aryl methyl sites for hydroxylation is 1. The Morgan fingerprint density at radius 2 is 2.15 bits per heavy atom. The topological polar surface area (TPSA) is 53.1 Å². The van der Waals surface area contributed by atoms with Crippen molar-refractivity contribution in [3.8, 4) is 0 Å². The van der Waals surface area contributed by atoms with Crippen LogP contribution in [-0.2, 0) is 17.9 Å². The molecule has 0 saturated carbocycles. The Balaban J connectivity index is 2.92. The average molecular weight is 183 g/mol. The molecule has 0 bridgehead atoms. The van der Waals surface area contributed by atoms with Crippen LogP contribution in [0.1, 0.15) is 17.0 Å². The summed E-state index contributed by atoms with van der Waals surface area (Å²) in [4.78, 5) is 0. The van der Waals surface area contributed by atoms with E-state index in [0.717, 1.165) is 17.8 Å². The smallest absolute Gasteiger partial charge is 0.139 e. The Hall–Kier alpha value is -0.870. The van der Waals surface area contributed by atoms with Crippen LogP contribution in [0.4, 0.5) is 0 Å². The van der Waals surface area contributed by atoms with Crippen molar-refractivity contribution in [3.05, 3.63) is 17.0 Å². The molecule has 0 aromatic carbocycles. The Kier molecular flexibility index (Phi) is 3.45. The van der Waals surface area contributed by atoms with Crippen molar-refractivity contribution in [2.75, 3.05) is 13.7 Å². The van der Waals surface area contributed by atoms with Gasteiger partial charge in [-0.25, -0.2) is 4.68 Å². The minimum absolute atomic E-state index is 0.511. The second kappa shape index (κ2) is 4.39. The van der Waals surface area contributed by atoms with Crippen LogP contribution in [0.25, 0.3) is 0 Å². The molecule has 1 rings (SSSR count). The maximum absolute atomic E-state index is 5.51. The van der Waals surface area contributed by atoms with E-state index in [1.165, 1.54) is 5.56 Å². The van der Waals surface area contributed by atoms with Gasteiger partial charge in [0.15, 0.2) is 0 Å². The summed E-state index contributed by atoms with van der Waals surface area (Å²) in [6.07, 6.45) is 0.890. The van der Waals surface area contributed by atoms with Crippen LogP contribution >= 0.6 is 0 Å². The lowest BCUT2D eigenvalue weighted by atomic mass is 10.1. The normalized spacial score (nSPS) is 10.8. The van der Waals surface area contributed by atoms with E-state index in [1.54, 1.807) is 7.11 Å². The number of hydrogen-bond donors (Lipinski definition) is 1. The number of methoxy groups -OCH3 is 1. The van der Waals surface area contributed by atoms with E-state index in [2.05, 4.69) is 5.10 Å². The van der Waals surface area contributed by atoms with E-state index in [9.17, 15) is 0 Å². The SMILES string of the molecule is COCn1nc(C)c(CCN)c1C. The molecule has 1 aromatic heterocycles. The van der Waals surface area contributed by atoms with Gasteiger partial charge in [-0.1, -0.05) is 0 Å². The number of hydrogen-bond acceptors (Lipinski definition) is 3. The largest absolute Gasteiger partial charge is 0.362 e. The number of nitrogens with two attached hydrogens (primary N) is 1. The Labute approximate surface area is 78.7 Å².